The van der Waals surface area contributed by atoms with Crippen LogP contribution in [0.3, 0.4) is 0 Å². The van der Waals surface area contributed by atoms with E-state index in [0.717, 1.165) is 6.42 Å². The highest BCUT2D eigenvalue weighted by molar-refractivity contribution is 6.52. The van der Waals surface area contributed by atoms with Crippen molar-refractivity contribution in [1.82, 2.24) is 0 Å². The molecule has 0 saturated carbocycles. The molecule has 1 amide bonds. The SMILES string of the molecule is CCCOCCN1C(=O)C(=O)c2cc(Cl)ccc21. The number of halogens is 1. The van der Waals surface area contributed by atoms with Crippen LogP contribution in [0.25, 0.3) is 0 Å². The quantitative estimate of drug-likeness (QED) is 0.607. The van der Waals surface area contributed by atoms with Crippen LogP contribution < -0.4 is 4.90 Å². The van der Waals surface area contributed by atoms with Crippen LogP contribution in [-0.2, 0) is 9.53 Å². The molecule has 2 rings (SSSR count). The Balaban J connectivity index is 2.13. The van der Waals surface area contributed by atoms with E-state index in [-0.39, 0.29) is 0 Å². The molecule has 1 aliphatic heterocycles. The Morgan fingerprint density at radius 2 is 2.06 bits per heavy atom. The standard InChI is InChI=1S/C13H14ClNO3/c1-2-6-18-7-5-15-11-4-3-9(14)8-10(11)12(16)13(15)17/h3-4,8H,2,5-7H2,1H3. The second-order valence-electron chi connectivity index (χ2n) is 4.06. The third kappa shape index (κ3) is 2.40. The van der Waals surface area contributed by atoms with Crippen molar-refractivity contribution >= 4 is 29.0 Å². The monoisotopic (exact) mass is 267 g/mol. The first-order valence-corrected chi connectivity index (χ1v) is 6.26. The zero-order chi connectivity index (χ0) is 13.1. The minimum absolute atomic E-state index is 0.378. The highest BCUT2D eigenvalue weighted by Crippen LogP contribution is 2.30. The van der Waals surface area contributed by atoms with Gasteiger partial charge in [0.25, 0.3) is 11.7 Å². The molecule has 0 unspecified atom stereocenters. The molecule has 4 nitrogen and oxygen atoms in total. The van der Waals surface area contributed by atoms with Gasteiger partial charge < -0.3 is 9.64 Å². The number of nitrogens with zero attached hydrogens (tertiary/aromatic N) is 1. The maximum absolute atomic E-state index is 11.8. The summed E-state index contributed by atoms with van der Waals surface area (Å²) in [6, 6.07) is 4.90. The predicted octanol–water partition coefficient (Wildman–Crippen LogP) is 2.30. The molecule has 0 atom stereocenters. The largest absolute Gasteiger partial charge is 0.380 e. The Bertz CT molecular complexity index is 487. The van der Waals surface area contributed by atoms with E-state index >= 15 is 0 Å². The van der Waals surface area contributed by atoms with E-state index in [4.69, 9.17) is 16.3 Å². The van der Waals surface area contributed by atoms with Crippen LogP contribution in [0.5, 0.6) is 0 Å². The van der Waals surface area contributed by atoms with Crippen LogP contribution in [0, 0.1) is 0 Å². The highest BCUT2D eigenvalue weighted by atomic mass is 35.5. The summed E-state index contributed by atoms with van der Waals surface area (Å²) in [4.78, 5) is 25.0. The van der Waals surface area contributed by atoms with E-state index in [9.17, 15) is 9.59 Å². The molecule has 0 spiro atoms. The molecule has 0 radical (unpaired) electrons. The summed E-state index contributed by atoms with van der Waals surface area (Å²) in [5.41, 5.74) is 0.998. The molecule has 0 bridgehead atoms. The van der Waals surface area contributed by atoms with Crippen LogP contribution >= 0.6 is 11.6 Å². The topological polar surface area (TPSA) is 46.6 Å². The molecule has 18 heavy (non-hydrogen) atoms. The Morgan fingerprint density at radius 1 is 1.28 bits per heavy atom. The number of carbonyl (C=O) groups is 2. The molecular weight excluding hydrogens is 254 g/mol. The first-order valence-electron chi connectivity index (χ1n) is 5.88. The Labute approximate surface area is 110 Å². The summed E-state index contributed by atoms with van der Waals surface area (Å²) in [6.07, 6.45) is 0.930. The molecule has 0 aromatic heterocycles. The summed E-state index contributed by atoms with van der Waals surface area (Å²) in [6.45, 7) is 3.49. The fourth-order valence-electron chi connectivity index (χ4n) is 1.90. The number of ether oxygens (including phenoxy) is 1. The highest BCUT2D eigenvalue weighted by Gasteiger charge is 2.35. The number of fused-ring (bicyclic) bond motifs is 1. The molecule has 1 aromatic carbocycles. The van der Waals surface area contributed by atoms with Crippen LogP contribution in [0.1, 0.15) is 23.7 Å². The minimum Gasteiger partial charge on any atom is -0.380 e. The first-order chi connectivity index (χ1) is 8.65. The Morgan fingerprint density at radius 3 is 2.78 bits per heavy atom. The zero-order valence-electron chi connectivity index (χ0n) is 10.1. The number of carbonyl (C=O) groups excluding carboxylic acids is 2. The average molecular weight is 268 g/mol. The number of Topliss-reactive ketones (excluding diaryl/α,β-unsaturated/α-hetero) is 1. The van der Waals surface area contributed by atoms with Gasteiger partial charge in [-0.15, -0.1) is 0 Å². The molecule has 1 heterocycles. The molecule has 96 valence electrons. The number of anilines is 1. The Hall–Kier alpha value is -1.39. The second kappa shape index (κ2) is 5.50. The third-order valence-electron chi connectivity index (χ3n) is 2.74. The van der Waals surface area contributed by atoms with Crippen molar-refractivity contribution in [2.24, 2.45) is 0 Å². The number of benzene rings is 1. The smallest absolute Gasteiger partial charge is 0.299 e. The zero-order valence-corrected chi connectivity index (χ0v) is 10.9. The van der Waals surface area contributed by atoms with E-state index in [1.54, 1.807) is 12.1 Å². The fraction of sp³-hybridized carbons (Fsp3) is 0.385. The lowest BCUT2D eigenvalue weighted by Crippen LogP contribution is -2.32. The summed E-state index contributed by atoms with van der Waals surface area (Å²) >= 11 is 5.82. The summed E-state index contributed by atoms with van der Waals surface area (Å²) in [5, 5.41) is 0.457. The van der Waals surface area contributed by atoms with Crippen molar-refractivity contribution in [3.8, 4) is 0 Å². The van der Waals surface area contributed by atoms with Crippen LogP contribution in [0.15, 0.2) is 18.2 Å². The molecular formula is C13H14ClNO3. The minimum atomic E-state index is -0.507. The molecule has 1 aromatic rings. The van der Waals surface area contributed by atoms with Gasteiger partial charge in [-0.2, -0.15) is 0 Å². The second-order valence-corrected chi connectivity index (χ2v) is 4.50. The number of hydrogen-bond donors (Lipinski definition) is 0. The Kier molecular flexibility index (Phi) is 3.99. The fourth-order valence-corrected chi connectivity index (χ4v) is 2.07. The predicted molar refractivity (Wildman–Crippen MR) is 69.2 cm³/mol. The van der Waals surface area contributed by atoms with Gasteiger partial charge in [0.2, 0.25) is 0 Å². The van der Waals surface area contributed by atoms with E-state index < -0.39 is 11.7 Å². The normalized spacial score (nSPS) is 14.2. The lowest BCUT2D eigenvalue weighted by molar-refractivity contribution is -0.114. The van der Waals surface area contributed by atoms with Crippen LogP contribution in [0.2, 0.25) is 5.02 Å². The van der Waals surface area contributed by atoms with Gasteiger partial charge >= 0.3 is 0 Å². The summed E-state index contributed by atoms with van der Waals surface area (Å²) in [5.74, 6) is -1.00. The van der Waals surface area contributed by atoms with Crippen molar-refractivity contribution < 1.29 is 14.3 Å². The van der Waals surface area contributed by atoms with Crippen molar-refractivity contribution in [2.75, 3.05) is 24.7 Å². The molecule has 0 aliphatic carbocycles. The molecule has 1 aliphatic rings. The van der Waals surface area contributed by atoms with E-state index in [1.807, 2.05) is 6.92 Å². The maximum atomic E-state index is 11.8. The van der Waals surface area contributed by atoms with E-state index in [1.165, 1.54) is 11.0 Å². The molecule has 5 heteroatoms. The van der Waals surface area contributed by atoms with Crippen molar-refractivity contribution in [3.63, 3.8) is 0 Å². The van der Waals surface area contributed by atoms with Gasteiger partial charge in [0.1, 0.15) is 0 Å². The number of amides is 1. The number of ketones is 1. The molecule has 0 N–H and O–H groups in total. The van der Waals surface area contributed by atoms with Crippen molar-refractivity contribution in [2.45, 2.75) is 13.3 Å². The third-order valence-corrected chi connectivity index (χ3v) is 2.98. The van der Waals surface area contributed by atoms with Crippen LogP contribution in [0.4, 0.5) is 5.69 Å². The van der Waals surface area contributed by atoms with E-state index in [2.05, 4.69) is 0 Å². The summed E-state index contributed by atoms with van der Waals surface area (Å²) in [7, 11) is 0. The van der Waals surface area contributed by atoms with E-state index in [0.29, 0.717) is 36.0 Å². The lowest BCUT2D eigenvalue weighted by atomic mass is 10.1. The van der Waals surface area contributed by atoms with Crippen LogP contribution in [-0.4, -0.2) is 31.4 Å². The van der Waals surface area contributed by atoms with Gasteiger partial charge in [0.15, 0.2) is 0 Å². The van der Waals surface area contributed by atoms with Gasteiger partial charge in [-0.3, -0.25) is 9.59 Å². The van der Waals surface area contributed by atoms with Gasteiger partial charge in [-0.05, 0) is 24.6 Å². The van der Waals surface area contributed by atoms with Gasteiger partial charge in [-0.1, -0.05) is 18.5 Å². The molecule has 0 fully saturated rings. The average Bonchev–Trinajstić information content (AvgIpc) is 2.59. The van der Waals surface area contributed by atoms with Gasteiger partial charge in [0, 0.05) is 18.2 Å². The lowest BCUT2D eigenvalue weighted by Gasteiger charge is -2.16. The maximum Gasteiger partial charge on any atom is 0.299 e. The first kappa shape index (κ1) is 13.1. The van der Waals surface area contributed by atoms with Crippen molar-refractivity contribution in [3.05, 3.63) is 28.8 Å². The number of hydrogen-bond acceptors (Lipinski definition) is 3. The molecule has 0 saturated heterocycles. The van der Waals surface area contributed by atoms with Gasteiger partial charge in [0.05, 0.1) is 17.9 Å². The van der Waals surface area contributed by atoms with Gasteiger partial charge in [-0.25, -0.2) is 0 Å². The summed E-state index contributed by atoms with van der Waals surface area (Å²) < 4.78 is 5.34. The number of rotatable bonds is 5. The van der Waals surface area contributed by atoms with Crippen molar-refractivity contribution in [1.29, 1.82) is 0 Å².